The van der Waals surface area contributed by atoms with Crippen molar-refractivity contribution in [3.05, 3.63) is 66.0 Å². The average molecular weight is 343 g/mol. The van der Waals surface area contributed by atoms with Crippen LogP contribution in [0.1, 0.15) is 11.3 Å². The van der Waals surface area contributed by atoms with Crippen molar-refractivity contribution >= 4 is 15.7 Å². The molecule has 3 rings (SSSR count). The lowest BCUT2D eigenvalue weighted by Gasteiger charge is -2.10. The Hall–Kier alpha value is -2.80. The predicted molar refractivity (Wildman–Crippen MR) is 91.6 cm³/mol. The van der Waals surface area contributed by atoms with Gasteiger partial charge in [-0.05, 0) is 49.7 Å². The zero-order chi connectivity index (χ0) is 17.3. The van der Waals surface area contributed by atoms with Crippen LogP contribution in [0.15, 0.2) is 59.6 Å². The van der Waals surface area contributed by atoms with Gasteiger partial charge in [0.05, 0.1) is 16.8 Å². The molecule has 124 valence electrons. The number of anilines is 1. The smallest absolute Gasteiger partial charge is 0.262 e. The fraction of sp³-hybridized carbons (Fsp3) is 0.118. The molecular weight excluding hydrogens is 326 g/mol. The Labute approximate surface area is 140 Å². The van der Waals surface area contributed by atoms with Gasteiger partial charge in [0, 0.05) is 11.3 Å². The van der Waals surface area contributed by atoms with Crippen LogP contribution in [0.4, 0.5) is 5.69 Å². The molecule has 0 atom stereocenters. The molecular formula is C17H17N3O3S. The molecule has 2 aromatic carbocycles. The van der Waals surface area contributed by atoms with Crippen LogP contribution >= 0.6 is 0 Å². The van der Waals surface area contributed by atoms with Gasteiger partial charge in [-0.25, -0.2) is 13.4 Å². The molecule has 1 aromatic heterocycles. The van der Waals surface area contributed by atoms with Crippen LogP contribution in [0.25, 0.3) is 11.4 Å². The van der Waals surface area contributed by atoms with Gasteiger partial charge in [0.15, 0.2) is 5.82 Å². The molecule has 7 heteroatoms. The van der Waals surface area contributed by atoms with Gasteiger partial charge in [-0.1, -0.05) is 18.2 Å². The topological polar surface area (TPSA) is 84.2 Å². The summed E-state index contributed by atoms with van der Waals surface area (Å²) in [5, 5.41) is 9.76. The minimum absolute atomic E-state index is 0.246. The summed E-state index contributed by atoms with van der Waals surface area (Å²) in [6.45, 7) is 3.53. The Balaban J connectivity index is 1.87. The van der Waals surface area contributed by atoms with E-state index >= 15 is 0 Å². The van der Waals surface area contributed by atoms with E-state index in [2.05, 4.69) is 9.71 Å². The number of imidazole rings is 1. The lowest BCUT2D eigenvalue weighted by atomic mass is 10.2. The van der Waals surface area contributed by atoms with E-state index in [1.165, 1.54) is 6.20 Å². The third-order valence-corrected chi connectivity index (χ3v) is 5.13. The Kier molecular flexibility index (Phi) is 4.02. The zero-order valence-electron chi connectivity index (χ0n) is 13.3. The molecule has 0 radical (unpaired) electrons. The van der Waals surface area contributed by atoms with Gasteiger partial charge in [0.2, 0.25) is 0 Å². The van der Waals surface area contributed by atoms with Crippen LogP contribution in [-0.4, -0.2) is 23.3 Å². The Bertz CT molecular complexity index is 977. The summed E-state index contributed by atoms with van der Waals surface area (Å²) in [5.41, 5.74) is 2.50. The quantitative estimate of drug-likeness (QED) is 0.713. The molecule has 0 saturated carbocycles. The van der Waals surface area contributed by atoms with Crippen LogP contribution in [-0.2, 0) is 10.0 Å². The monoisotopic (exact) mass is 343 g/mol. The van der Waals surface area contributed by atoms with Crippen molar-refractivity contribution in [3.63, 3.8) is 0 Å². The molecule has 0 aliphatic rings. The molecule has 3 aromatic rings. The number of hydrogen-bond acceptors (Lipinski definition) is 4. The summed E-state index contributed by atoms with van der Waals surface area (Å²) in [6, 6.07) is 13.5. The number of aromatic nitrogens is 2. The molecule has 0 bridgehead atoms. The predicted octanol–water partition coefficient (Wildman–Crippen LogP) is 3.21. The first-order valence-corrected chi connectivity index (χ1v) is 8.79. The minimum Gasteiger partial charge on any atom is -0.427 e. The Morgan fingerprint density at radius 1 is 1.04 bits per heavy atom. The number of aryl methyl sites for hydroxylation is 2. The number of rotatable bonds is 4. The second-order valence-electron chi connectivity index (χ2n) is 5.50. The normalized spacial score (nSPS) is 11.4. The summed E-state index contributed by atoms with van der Waals surface area (Å²) in [6.07, 6.45) is 1.50. The molecule has 0 amide bonds. The van der Waals surface area contributed by atoms with E-state index in [9.17, 15) is 13.6 Å². The van der Waals surface area contributed by atoms with Crippen molar-refractivity contribution in [2.75, 3.05) is 4.72 Å². The van der Waals surface area contributed by atoms with Crippen molar-refractivity contribution in [2.45, 2.75) is 18.7 Å². The molecule has 0 saturated heterocycles. The molecule has 1 heterocycles. The van der Waals surface area contributed by atoms with Crippen LogP contribution in [0, 0.1) is 13.8 Å². The number of sulfonamides is 1. The zero-order valence-corrected chi connectivity index (χ0v) is 14.1. The van der Waals surface area contributed by atoms with Gasteiger partial charge >= 0.3 is 0 Å². The summed E-state index contributed by atoms with van der Waals surface area (Å²) < 4.78 is 28.4. The van der Waals surface area contributed by atoms with Crippen molar-refractivity contribution in [3.8, 4) is 11.4 Å². The fourth-order valence-electron chi connectivity index (χ4n) is 2.44. The van der Waals surface area contributed by atoms with E-state index in [1.807, 2.05) is 0 Å². The maximum atomic E-state index is 12.5. The molecule has 2 N–H and O–H groups in total. The molecule has 6 nitrogen and oxygen atoms in total. The highest BCUT2D eigenvalue weighted by Gasteiger charge is 2.16. The number of nitrogens with one attached hydrogen (secondary N) is 1. The highest BCUT2D eigenvalue weighted by molar-refractivity contribution is 7.92. The van der Waals surface area contributed by atoms with Crippen molar-refractivity contribution in [1.29, 1.82) is 0 Å². The lowest BCUT2D eigenvalue weighted by Crippen LogP contribution is -2.14. The minimum atomic E-state index is -3.65. The average Bonchev–Trinajstić information content (AvgIpc) is 2.86. The fourth-order valence-corrected chi connectivity index (χ4v) is 3.74. The molecule has 0 aliphatic heterocycles. The van der Waals surface area contributed by atoms with Crippen LogP contribution in [0.5, 0.6) is 0 Å². The van der Waals surface area contributed by atoms with Gasteiger partial charge in [-0.3, -0.25) is 4.72 Å². The van der Waals surface area contributed by atoms with Gasteiger partial charge < -0.3 is 5.21 Å². The first-order chi connectivity index (χ1) is 11.4. The molecule has 0 aliphatic carbocycles. The summed E-state index contributed by atoms with van der Waals surface area (Å²) in [5.74, 6) is 0.404. The Morgan fingerprint density at radius 3 is 2.29 bits per heavy atom. The summed E-state index contributed by atoms with van der Waals surface area (Å²) in [7, 11) is -3.65. The first kappa shape index (κ1) is 16.1. The summed E-state index contributed by atoms with van der Waals surface area (Å²) in [4.78, 5) is 4.46. The Morgan fingerprint density at radius 2 is 1.71 bits per heavy atom. The first-order valence-electron chi connectivity index (χ1n) is 7.31. The maximum absolute atomic E-state index is 12.5. The van der Waals surface area contributed by atoms with Crippen LogP contribution < -0.4 is 4.72 Å². The van der Waals surface area contributed by atoms with Crippen molar-refractivity contribution in [1.82, 2.24) is 9.71 Å². The van der Waals surface area contributed by atoms with Gasteiger partial charge in [0.1, 0.15) is 0 Å². The van der Waals surface area contributed by atoms with E-state index < -0.39 is 10.0 Å². The van der Waals surface area contributed by atoms with E-state index in [0.717, 1.165) is 4.73 Å². The molecule has 0 fully saturated rings. The highest BCUT2D eigenvalue weighted by atomic mass is 32.2. The maximum Gasteiger partial charge on any atom is 0.262 e. The van der Waals surface area contributed by atoms with E-state index in [4.69, 9.17) is 0 Å². The van der Waals surface area contributed by atoms with Gasteiger partial charge in [-0.2, -0.15) is 4.73 Å². The van der Waals surface area contributed by atoms with E-state index in [0.29, 0.717) is 28.3 Å². The third kappa shape index (κ3) is 3.11. The standard InChI is InChI=1S/C17H17N3O3S/c1-12-5-3-4-6-16(12)24(22,23)19-15-9-7-14(8-10-15)17-18-13(2)11-20(17)21/h3-11,19,21H,1-2H3. The molecule has 0 spiro atoms. The van der Waals surface area contributed by atoms with Crippen LogP contribution in [0.3, 0.4) is 0 Å². The largest absolute Gasteiger partial charge is 0.427 e. The van der Waals surface area contributed by atoms with Crippen molar-refractivity contribution < 1.29 is 13.6 Å². The molecule has 0 unspecified atom stereocenters. The summed E-state index contributed by atoms with van der Waals surface area (Å²) >= 11 is 0. The van der Waals surface area contributed by atoms with E-state index in [-0.39, 0.29) is 4.90 Å². The van der Waals surface area contributed by atoms with Crippen LogP contribution in [0.2, 0.25) is 0 Å². The number of benzene rings is 2. The third-order valence-electron chi connectivity index (χ3n) is 3.59. The van der Waals surface area contributed by atoms with E-state index in [1.54, 1.807) is 62.4 Å². The molecule has 24 heavy (non-hydrogen) atoms. The number of hydrogen-bond donors (Lipinski definition) is 2. The second-order valence-corrected chi connectivity index (χ2v) is 7.15. The van der Waals surface area contributed by atoms with Gasteiger partial charge in [0.25, 0.3) is 10.0 Å². The highest BCUT2D eigenvalue weighted by Crippen LogP contribution is 2.23. The van der Waals surface area contributed by atoms with Crippen molar-refractivity contribution in [2.24, 2.45) is 0 Å². The number of nitrogens with zero attached hydrogens (tertiary/aromatic N) is 2. The van der Waals surface area contributed by atoms with Gasteiger partial charge in [-0.15, -0.1) is 0 Å². The SMILES string of the molecule is Cc1cn(O)c(-c2ccc(NS(=O)(=O)c3ccccc3C)cc2)n1. The lowest BCUT2D eigenvalue weighted by molar-refractivity contribution is 0.190. The second kappa shape index (κ2) is 6.01.